The van der Waals surface area contributed by atoms with Gasteiger partial charge in [-0.15, -0.1) is 11.3 Å². The molecule has 1 rings (SSSR count). The fraction of sp³-hybridized carbons (Fsp3) is 0. The second-order valence-corrected chi connectivity index (χ2v) is 3.12. The number of hydrogen-bond acceptors (Lipinski definition) is 1. The van der Waals surface area contributed by atoms with E-state index in [1.54, 1.807) is 11.3 Å². The SMILES string of the molecule is Brc1cc[c]s1.[I-].[Zn]. The average molecular weight is 354 g/mol. The molecule has 0 aliphatic rings. The molecule has 41 valence electrons. The molecule has 0 saturated heterocycles. The molecule has 0 aliphatic carbocycles. The van der Waals surface area contributed by atoms with Crippen LogP contribution in [0.1, 0.15) is 0 Å². The van der Waals surface area contributed by atoms with Gasteiger partial charge in [-0.1, -0.05) is 0 Å². The van der Waals surface area contributed by atoms with Gasteiger partial charge in [-0.05, 0) is 28.1 Å². The van der Waals surface area contributed by atoms with E-state index in [1.807, 2.05) is 12.1 Å². The van der Waals surface area contributed by atoms with Crippen LogP contribution in [-0.2, 0) is 19.5 Å². The van der Waals surface area contributed by atoms with Crippen molar-refractivity contribution >= 4 is 27.3 Å². The van der Waals surface area contributed by atoms with E-state index in [-0.39, 0.29) is 43.5 Å². The summed E-state index contributed by atoms with van der Waals surface area (Å²) < 4.78 is 1.14. The molecule has 0 unspecified atom stereocenters. The number of halogens is 2. The Bertz CT molecular complexity index is 120. The standard InChI is InChI=1S/C4H2BrS.HI.Zn/c5-4-2-1-3-6-4;;/h1-2H;1H;/p-1. The van der Waals surface area contributed by atoms with Crippen molar-refractivity contribution in [3.8, 4) is 0 Å². The van der Waals surface area contributed by atoms with Gasteiger partial charge in [0.1, 0.15) is 0 Å². The van der Waals surface area contributed by atoms with Crippen molar-refractivity contribution < 1.29 is 43.5 Å². The molecule has 0 atom stereocenters. The Hall–Kier alpha value is 1.53. The Balaban J connectivity index is 0. The van der Waals surface area contributed by atoms with E-state index in [0.717, 1.165) is 3.79 Å². The van der Waals surface area contributed by atoms with Crippen LogP contribution in [0.3, 0.4) is 0 Å². The maximum absolute atomic E-state index is 3.27. The molecule has 0 N–H and O–H groups in total. The summed E-state index contributed by atoms with van der Waals surface area (Å²) in [4.78, 5) is 0. The maximum Gasteiger partial charge on any atom is 0.0705 e. The van der Waals surface area contributed by atoms with Gasteiger partial charge in [0.25, 0.3) is 0 Å². The van der Waals surface area contributed by atoms with Crippen molar-refractivity contribution in [3.05, 3.63) is 21.3 Å². The summed E-state index contributed by atoms with van der Waals surface area (Å²) in [6, 6.07) is 3.85. The van der Waals surface area contributed by atoms with Crippen molar-refractivity contribution in [2.45, 2.75) is 0 Å². The summed E-state index contributed by atoms with van der Waals surface area (Å²) in [5.74, 6) is 0. The van der Waals surface area contributed by atoms with Crippen molar-refractivity contribution in [1.29, 1.82) is 0 Å². The molecule has 4 heteroatoms. The predicted molar refractivity (Wildman–Crippen MR) is 30.9 cm³/mol. The minimum absolute atomic E-state index is 0. The van der Waals surface area contributed by atoms with Gasteiger partial charge in [-0.2, -0.15) is 0 Å². The first-order chi connectivity index (χ1) is 2.89. The van der Waals surface area contributed by atoms with Crippen LogP contribution in [0.2, 0.25) is 0 Å². The fourth-order valence-electron chi connectivity index (χ4n) is 0.224. The van der Waals surface area contributed by atoms with Crippen LogP contribution in [0.4, 0.5) is 0 Å². The second kappa shape index (κ2) is 6.65. The quantitative estimate of drug-likeness (QED) is 0.428. The molecule has 0 fully saturated rings. The first-order valence-corrected chi connectivity index (χ1v) is 3.12. The van der Waals surface area contributed by atoms with Crippen LogP contribution < -0.4 is 24.0 Å². The summed E-state index contributed by atoms with van der Waals surface area (Å²) in [6.45, 7) is 0. The third-order valence-corrected chi connectivity index (χ3v) is 1.77. The minimum atomic E-state index is 0. The average Bonchev–Trinajstić information content (AvgIpc) is 1.86. The molecule has 0 aromatic carbocycles. The summed E-state index contributed by atoms with van der Waals surface area (Å²) in [7, 11) is 0. The first-order valence-electron chi connectivity index (χ1n) is 1.51. The third kappa shape index (κ3) is 4.42. The Morgan fingerprint density at radius 3 is 2.38 bits per heavy atom. The summed E-state index contributed by atoms with van der Waals surface area (Å²) in [5.41, 5.74) is 0. The van der Waals surface area contributed by atoms with Gasteiger partial charge >= 0.3 is 0 Å². The largest absolute Gasteiger partial charge is 1.00 e. The summed E-state index contributed by atoms with van der Waals surface area (Å²) in [6.07, 6.45) is 0. The van der Waals surface area contributed by atoms with Gasteiger partial charge < -0.3 is 24.0 Å². The fourth-order valence-corrected chi connectivity index (χ4v) is 1.02. The topological polar surface area (TPSA) is 0 Å². The van der Waals surface area contributed by atoms with Crippen molar-refractivity contribution in [2.75, 3.05) is 0 Å². The predicted octanol–water partition coefficient (Wildman–Crippen LogP) is -0.688. The number of hydrogen-bond donors (Lipinski definition) is 0. The van der Waals surface area contributed by atoms with E-state index in [4.69, 9.17) is 0 Å². The monoisotopic (exact) mass is 352 g/mol. The van der Waals surface area contributed by atoms with E-state index in [1.165, 1.54) is 0 Å². The third-order valence-electron chi connectivity index (χ3n) is 0.439. The molecule has 1 aromatic heterocycles. The normalized spacial score (nSPS) is 6.62. The molecule has 0 nitrogen and oxygen atoms in total. The zero-order valence-electron chi connectivity index (χ0n) is 4.03. The van der Waals surface area contributed by atoms with E-state index in [2.05, 4.69) is 21.3 Å². The van der Waals surface area contributed by atoms with Gasteiger partial charge in [0.15, 0.2) is 0 Å². The molecule has 1 heterocycles. The molecular formula is C4H2BrISZn-. The van der Waals surface area contributed by atoms with E-state index >= 15 is 0 Å². The first kappa shape index (κ1) is 12.2. The van der Waals surface area contributed by atoms with Gasteiger partial charge in [0, 0.05) is 24.9 Å². The molecule has 1 aromatic rings. The van der Waals surface area contributed by atoms with Crippen LogP contribution in [-0.4, -0.2) is 0 Å². The smallest absolute Gasteiger partial charge is 0.0705 e. The number of thiophene rings is 1. The molecule has 0 saturated carbocycles. The summed E-state index contributed by atoms with van der Waals surface area (Å²) >= 11 is 4.84. The molecule has 8 heavy (non-hydrogen) atoms. The van der Waals surface area contributed by atoms with Crippen molar-refractivity contribution in [2.24, 2.45) is 0 Å². The summed E-state index contributed by atoms with van der Waals surface area (Å²) in [5, 5.41) is 2.92. The Labute approximate surface area is 91.0 Å². The van der Waals surface area contributed by atoms with Gasteiger partial charge in [0.2, 0.25) is 0 Å². The Morgan fingerprint density at radius 2 is 2.25 bits per heavy atom. The van der Waals surface area contributed by atoms with Crippen LogP contribution in [0.25, 0.3) is 0 Å². The number of rotatable bonds is 0. The van der Waals surface area contributed by atoms with E-state index in [9.17, 15) is 0 Å². The van der Waals surface area contributed by atoms with Gasteiger partial charge in [-0.3, -0.25) is 0 Å². The van der Waals surface area contributed by atoms with Crippen LogP contribution in [0.5, 0.6) is 0 Å². The minimum Gasteiger partial charge on any atom is -1.00 e. The Morgan fingerprint density at radius 1 is 1.62 bits per heavy atom. The van der Waals surface area contributed by atoms with Crippen molar-refractivity contribution in [1.82, 2.24) is 0 Å². The van der Waals surface area contributed by atoms with E-state index in [0.29, 0.717) is 0 Å². The molecular weight excluding hydrogens is 352 g/mol. The molecule has 0 spiro atoms. The van der Waals surface area contributed by atoms with Crippen LogP contribution in [0.15, 0.2) is 15.9 Å². The molecule has 1 radical (unpaired) electrons. The Kier molecular flexibility index (Phi) is 10.2. The van der Waals surface area contributed by atoms with E-state index < -0.39 is 0 Å². The van der Waals surface area contributed by atoms with Crippen LogP contribution >= 0.6 is 27.3 Å². The second-order valence-electron chi connectivity index (χ2n) is 0.857. The molecule has 0 amide bonds. The molecule has 0 aliphatic heterocycles. The zero-order chi connectivity index (χ0) is 4.41. The van der Waals surface area contributed by atoms with Gasteiger partial charge in [-0.25, -0.2) is 0 Å². The zero-order valence-corrected chi connectivity index (χ0v) is 11.6. The van der Waals surface area contributed by atoms with Crippen LogP contribution in [0, 0.1) is 5.38 Å². The molecule has 0 bridgehead atoms. The van der Waals surface area contributed by atoms with Gasteiger partial charge in [0.05, 0.1) is 3.79 Å². The van der Waals surface area contributed by atoms with Crippen molar-refractivity contribution in [3.63, 3.8) is 0 Å². The maximum atomic E-state index is 3.27.